The summed E-state index contributed by atoms with van der Waals surface area (Å²) in [7, 11) is 1.61. The van der Waals surface area contributed by atoms with Crippen molar-refractivity contribution in [3.63, 3.8) is 0 Å². The minimum absolute atomic E-state index is 0.117. The second-order valence-electron chi connectivity index (χ2n) is 7.82. The van der Waals surface area contributed by atoms with E-state index in [4.69, 9.17) is 9.47 Å². The minimum Gasteiger partial charge on any atom is -0.497 e. The third kappa shape index (κ3) is 5.96. The van der Waals surface area contributed by atoms with Crippen LogP contribution >= 0.6 is 11.8 Å². The molecule has 0 atom stereocenters. The van der Waals surface area contributed by atoms with Crippen molar-refractivity contribution in [2.45, 2.75) is 43.5 Å². The lowest BCUT2D eigenvalue weighted by molar-refractivity contribution is -0.113. The van der Waals surface area contributed by atoms with Crippen LogP contribution in [0.2, 0.25) is 0 Å². The van der Waals surface area contributed by atoms with Crippen LogP contribution in [0.1, 0.15) is 25.7 Å². The maximum absolute atomic E-state index is 12.4. The third-order valence-corrected chi connectivity index (χ3v) is 6.42. The molecule has 1 aromatic heterocycles. The Balaban J connectivity index is 1.40. The van der Waals surface area contributed by atoms with Crippen LogP contribution in [-0.2, 0) is 11.3 Å². The summed E-state index contributed by atoms with van der Waals surface area (Å²) in [6.45, 7) is 4.40. The van der Waals surface area contributed by atoms with Crippen molar-refractivity contribution in [3.05, 3.63) is 61.2 Å². The number of nitrogens with zero attached hydrogens (tertiary/aromatic N) is 3. The van der Waals surface area contributed by atoms with Gasteiger partial charge < -0.3 is 14.8 Å². The Hall–Kier alpha value is -3.26. The molecule has 1 fully saturated rings. The van der Waals surface area contributed by atoms with E-state index in [0.29, 0.717) is 17.8 Å². The monoisotopic (exact) mass is 464 g/mol. The van der Waals surface area contributed by atoms with Crippen LogP contribution in [-0.4, -0.2) is 39.6 Å². The number of nitrogens with one attached hydrogen (secondary N) is 1. The molecule has 33 heavy (non-hydrogen) atoms. The van der Waals surface area contributed by atoms with Gasteiger partial charge in [0.15, 0.2) is 11.0 Å². The molecule has 2 aromatic carbocycles. The van der Waals surface area contributed by atoms with Crippen molar-refractivity contribution < 1.29 is 14.3 Å². The van der Waals surface area contributed by atoms with Gasteiger partial charge in [-0.1, -0.05) is 17.8 Å². The second-order valence-corrected chi connectivity index (χ2v) is 8.76. The van der Waals surface area contributed by atoms with Crippen molar-refractivity contribution in [2.75, 3.05) is 18.2 Å². The zero-order valence-corrected chi connectivity index (χ0v) is 19.5. The Morgan fingerprint density at radius 3 is 2.48 bits per heavy atom. The first-order chi connectivity index (χ1) is 16.2. The molecule has 0 unspecified atom stereocenters. The van der Waals surface area contributed by atoms with Gasteiger partial charge in [-0.15, -0.1) is 16.8 Å². The standard InChI is InChI=1S/C25H28N4O3S/c1-3-16-29-24(18-8-12-22(13-9-18)32-21-6-4-5-7-21)27-28-25(29)33-17-23(30)26-19-10-14-20(31-2)15-11-19/h3,8-15,21H,1,4-7,16-17H2,2H3,(H,26,30). The van der Waals surface area contributed by atoms with Gasteiger partial charge in [-0.3, -0.25) is 9.36 Å². The number of amides is 1. The highest BCUT2D eigenvalue weighted by Crippen LogP contribution is 2.28. The van der Waals surface area contributed by atoms with Crippen LogP contribution in [0.25, 0.3) is 11.4 Å². The van der Waals surface area contributed by atoms with E-state index in [1.54, 1.807) is 37.5 Å². The Morgan fingerprint density at radius 1 is 1.12 bits per heavy atom. The Bertz CT molecular complexity index is 1070. The van der Waals surface area contributed by atoms with Gasteiger partial charge in [0.25, 0.3) is 0 Å². The summed E-state index contributed by atoms with van der Waals surface area (Å²) in [5, 5.41) is 12.2. The number of benzene rings is 2. The van der Waals surface area contributed by atoms with Crippen molar-refractivity contribution in [2.24, 2.45) is 0 Å². The zero-order valence-electron chi connectivity index (χ0n) is 18.7. The number of aromatic nitrogens is 3. The molecule has 4 rings (SSSR count). The van der Waals surface area contributed by atoms with E-state index in [2.05, 4.69) is 22.1 Å². The van der Waals surface area contributed by atoms with Crippen LogP contribution in [0.4, 0.5) is 5.69 Å². The fourth-order valence-corrected chi connectivity index (χ4v) is 4.53. The molecule has 0 saturated heterocycles. The number of thioether (sulfide) groups is 1. The molecule has 0 bridgehead atoms. The molecule has 172 valence electrons. The molecular weight excluding hydrogens is 436 g/mol. The summed E-state index contributed by atoms with van der Waals surface area (Å²) in [4.78, 5) is 12.4. The third-order valence-electron chi connectivity index (χ3n) is 5.45. The molecule has 7 nitrogen and oxygen atoms in total. The van der Waals surface area contributed by atoms with Crippen molar-refractivity contribution >= 4 is 23.4 Å². The predicted octanol–water partition coefficient (Wildman–Crippen LogP) is 5.19. The number of anilines is 1. The summed E-state index contributed by atoms with van der Waals surface area (Å²) in [6.07, 6.45) is 6.86. The quantitative estimate of drug-likeness (QED) is 0.329. The molecule has 0 spiro atoms. The van der Waals surface area contributed by atoms with Crippen LogP contribution in [0, 0.1) is 0 Å². The highest BCUT2D eigenvalue weighted by atomic mass is 32.2. The Morgan fingerprint density at radius 2 is 1.82 bits per heavy atom. The number of allylic oxidation sites excluding steroid dienone is 1. The van der Waals surface area contributed by atoms with Gasteiger partial charge in [-0.05, 0) is 74.2 Å². The summed E-state index contributed by atoms with van der Waals surface area (Å²) in [5.74, 6) is 2.46. The molecule has 1 aliphatic rings. The molecule has 1 saturated carbocycles. The minimum atomic E-state index is -0.117. The van der Waals surface area contributed by atoms with Crippen LogP contribution in [0.5, 0.6) is 11.5 Å². The molecule has 1 N–H and O–H groups in total. The highest BCUT2D eigenvalue weighted by Gasteiger charge is 2.18. The Kier molecular flexibility index (Phi) is 7.67. The lowest BCUT2D eigenvalue weighted by Gasteiger charge is -2.13. The van der Waals surface area contributed by atoms with E-state index in [9.17, 15) is 4.79 Å². The number of hydrogen-bond acceptors (Lipinski definition) is 6. The molecule has 0 aliphatic heterocycles. The summed E-state index contributed by atoms with van der Waals surface area (Å²) in [6, 6.07) is 15.2. The second kappa shape index (κ2) is 11.0. The van der Waals surface area contributed by atoms with Crippen LogP contribution in [0.15, 0.2) is 66.3 Å². The predicted molar refractivity (Wildman–Crippen MR) is 131 cm³/mol. The van der Waals surface area contributed by atoms with Gasteiger partial charge in [-0.25, -0.2) is 0 Å². The molecule has 1 aliphatic carbocycles. The van der Waals surface area contributed by atoms with E-state index in [1.165, 1.54) is 24.6 Å². The number of rotatable bonds is 10. The highest BCUT2D eigenvalue weighted by molar-refractivity contribution is 7.99. The zero-order chi connectivity index (χ0) is 23.0. The number of carbonyl (C=O) groups excluding carboxylic acids is 1. The molecule has 1 heterocycles. The molecule has 3 aromatic rings. The van der Waals surface area contributed by atoms with Gasteiger partial charge in [0.2, 0.25) is 5.91 Å². The fourth-order valence-electron chi connectivity index (χ4n) is 3.79. The number of carbonyl (C=O) groups is 1. The summed E-state index contributed by atoms with van der Waals surface area (Å²) < 4.78 is 13.2. The molecule has 8 heteroatoms. The molecular formula is C25H28N4O3S. The van der Waals surface area contributed by atoms with E-state index in [1.807, 2.05) is 28.8 Å². The van der Waals surface area contributed by atoms with Crippen molar-refractivity contribution in [1.29, 1.82) is 0 Å². The number of hydrogen-bond donors (Lipinski definition) is 1. The van der Waals surface area contributed by atoms with Gasteiger partial charge in [0, 0.05) is 17.8 Å². The topological polar surface area (TPSA) is 78.3 Å². The SMILES string of the molecule is C=CCn1c(SCC(=O)Nc2ccc(OC)cc2)nnc1-c1ccc(OC2CCCC2)cc1. The molecule has 1 amide bonds. The van der Waals surface area contributed by atoms with E-state index in [-0.39, 0.29) is 11.7 Å². The van der Waals surface area contributed by atoms with Gasteiger partial charge >= 0.3 is 0 Å². The van der Waals surface area contributed by atoms with E-state index >= 15 is 0 Å². The van der Waals surface area contributed by atoms with E-state index in [0.717, 1.165) is 41.4 Å². The first kappa shape index (κ1) is 22.9. The van der Waals surface area contributed by atoms with Crippen molar-refractivity contribution in [1.82, 2.24) is 14.8 Å². The lowest BCUT2D eigenvalue weighted by Crippen LogP contribution is -2.14. The lowest BCUT2D eigenvalue weighted by atomic mass is 10.2. The van der Waals surface area contributed by atoms with Gasteiger partial charge in [0.1, 0.15) is 11.5 Å². The largest absolute Gasteiger partial charge is 0.497 e. The smallest absolute Gasteiger partial charge is 0.234 e. The average molecular weight is 465 g/mol. The van der Waals surface area contributed by atoms with Crippen LogP contribution in [0.3, 0.4) is 0 Å². The maximum Gasteiger partial charge on any atom is 0.234 e. The number of methoxy groups -OCH3 is 1. The summed E-state index contributed by atoms with van der Waals surface area (Å²) >= 11 is 1.34. The Labute approximate surface area is 198 Å². The van der Waals surface area contributed by atoms with Gasteiger partial charge in [0.05, 0.1) is 19.0 Å². The number of ether oxygens (including phenoxy) is 2. The maximum atomic E-state index is 12.4. The average Bonchev–Trinajstić information content (AvgIpc) is 3.49. The van der Waals surface area contributed by atoms with Crippen LogP contribution < -0.4 is 14.8 Å². The summed E-state index contributed by atoms with van der Waals surface area (Å²) in [5.41, 5.74) is 1.66. The van der Waals surface area contributed by atoms with Crippen molar-refractivity contribution in [3.8, 4) is 22.9 Å². The normalized spacial score (nSPS) is 13.6. The first-order valence-corrected chi connectivity index (χ1v) is 12.0. The van der Waals surface area contributed by atoms with E-state index < -0.39 is 0 Å². The van der Waals surface area contributed by atoms with Gasteiger partial charge in [-0.2, -0.15) is 0 Å². The fraction of sp³-hybridized carbons (Fsp3) is 0.320. The molecule has 0 radical (unpaired) electrons. The first-order valence-electron chi connectivity index (χ1n) is 11.0.